The van der Waals surface area contributed by atoms with Gasteiger partial charge in [-0.3, -0.25) is 9.59 Å². The van der Waals surface area contributed by atoms with E-state index >= 15 is 0 Å². The van der Waals surface area contributed by atoms with Crippen molar-refractivity contribution in [3.05, 3.63) is 46.6 Å². The van der Waals surface area contributed by atoms with Crippen LogP contribution < -0.4 is 0 Å². The summed E-state index contributed by atoms with van der Waals surface area (Å²) in [6.45, 7) is 15.3. The molecule has 14 atom stereocenters. The Kier molecular flexibility index (Phi) is 63.4. The fraction of sp³-hybridized carbons (Fsp3) is 0.750. The molecule has 0 saturated heterocycles. The van der Waals surface area contributed by atoms with Gasteiger partial charge in [0.25, 0.3) is 0 Å². The van der Waals surface area contributed by atoms with Crippen LogP contribution in [0.15, 0.2) is 56.8 Å². The van der Waals surface area contributed by atoms with Crippen LogP contribution in [0.3, 0.4) is 0 Å². The minimum Gasteiger partial charge on any atom is -0.392 e. The molecule has 0 bridgehead atoms. The number of halogens is 2. The van der Waals surface area contributed by atoms with Crippen LogP contribution in [0.25, 0.3) is 0 Å². The molecule has 0 amide bonds. The van der Waals surface area contributed by atoms with Crippen molar-refractivity contribution >= 4 is 577 Å². The van der Waals surface area contributed by atoms with E-state index in [-0.39, 0.29) is 77.0 Å². The zero-order valence-corrected chi connectivity index (χ0v) is 107. The largest absolute Gasteiger partial charge is 0.392 e. The van der Waals surface area contributed by atoms with Gasteiger partial charge in [0.1, 0.15) is 15.7 Å². The molecule has 0 spiro atoms. The Morgan fingerprint density at radius 3 is 0.829 bits per heavy atom. The Bertz CT molecular complexity index is 6410. The SMILES string of the molecule is CC1=C[C@H]2[C@@]3(O)[C@H](C)C[C@@]4(Br)N=NC(C)(C)[C@H]4[C@@H]3C=C(CO)C[C@]2(O)C1=O.CC1=C[C@H]2[C@@]3(O)[C@H](C)C[C@]4(Br)[C@H]([C@@H]3C=C(CO)C[C@]2(O)C1=O)C4(C)C.S=S=S=S=S=S=S=S=S=S=S=S=S=S=S=S=S=S=S=S=S=S=S=S=S=S=S=S=S.S=S=S=S=S=S=S=S=S=S=S=S=S=S=S=S=S=S=S=S=S=S=S=S=S=S=S=S=S=S. The fourth-order valence-corrected chi connectivity index (χ4v) is 156. The van der Waals surface area contributed by atoms with Gasteiger partial charge >= 0.3 is 0 Å². The number of alkyl halides is 2. The Balaban J connectivity index is 0.000000265. The number of carbonyl (C=O) groups is 2. The average Bonchev–Trinajstić information content (AvgIpc) is 1.48. The third-order valence-corrected chi connectivity index (χ3v) is 137. The second kappa shape index (κ2) is 62.2. The number of fused-ring (bicyclic) bond motifs is 10. The standard InChI is InChI=1S/C20H27BrN2O4.C20H27BrO4.S30.S29/c1-10-5-14-18(26,16(10)25)8-12(9-24)6-13-15-17(3,4)22-23-19(15,21)7-11(2)20(13,14)27;1-10-5-14-18(24,16(10)23)8-12(9-22)6-13-15-17(3,4)19(15,21)7-11(2)20(13,14)25;1-3-5-7-9-11-13-15-17-19-21-23-25-27-29-30-28-26-24-22-20-18-16-14-12-10-8-6-4-2;1-3-5-7-9-11-13-15-17-19-21-23-25-27-29-28-26-24-22-20-18-16-14-12-10-8-6-4-2/h5-6,11,13-15,24,26-27H,7-9H2,1-4H3;5-6,11,13-15,22,24-25H,7-9H2,1-4H3;;/t11-,13+,14-,15-,18-,19-,20-;11-,13+,14-,15-,18-,19+,20-;;/m11../s1. The topological polar surface area (TPSA) is 180 Å². The Morgan fingerprint density at radius 2 is 0.595 bits per heavy atom. The average molecular weight is 2740 g/mol. The Hall–Kier alpha value is 11.6. The van der Waals surface area contributed by atoms with E-state index in [4.69, 9.17) is 44.8 Å². The molecule has 640 valence electrons. The molecule has 0 radical (unpaired) electrons. The van der Waals surface area contributed by atoms with Gasteiger partial charge in [-0.25, -0.2) is 0 Å². The third-order valence-electron chi connectivity index (χ3n) is 16.6. The molecule has 8 rings (SSSR count). The van der Waals surface area contributed by atoms with Crippen molar-refractivity contribution in [2.24, 2.45) is 63.0 Å². The molecule has 10 nitrogen and oxygen atoms in total. The normalized spacial score (nSPS) is 28.3. The van der Waals surface area contributed by atoms with Crippen molar-refractivity contribution in [2.75, 3.05) is 13.2 Å². The molecule has 71 heteroatoms. The van der Waals surface area contributed by atoms with Crippen molar-refractivity contribution in [2.45, 2.75) is 118 Å². The lowest BCUT2D eigenvalue weighted by atomic mass is 9.53. The van der Waals surface area contributed by atoms with Crippen LogP contribution >= 0.6 is 31.9 Å². The molecule has 1 aliphatic heterocycles. The van der Waals surface area contributed by atoms with E-state index in [9.17, 15) is 40.2 Å². The van der Waals surface area contributed by atoms with E-state index in [1.165, 1.54) is 35.5 Å². The summed E-state index contributed by atoms with van der Waals surface area (Å²) in [5.74, 6) is -2.96. The molecule has 7 aliphatic carbocycles. The summed E-state index contributed by atoms with van der Waals surface area (Å²) < 4.78 is -0.648. The fourth-order valence-electron chi connectivity index (χ4n) is 13.0. The van der Waals surface area contributed by atoms with E-state index < -0.39 is 50.1 Å². The van der Waals surface area contributed by atoms with Gasteiger partial charge in [-0.05, 0) is 86.0 Å². The van der Waals surface area contributed by atoms with Crippen LogP contribution in [0, 0.1) is 52.8 Å². The van der Waals surface area contributed by atoms with Crippen LogP contribution in [-0.4, -0.2) is 92.1 Å². The number of Topliss-reactive ketones (excluding diaryl/α,β-unsaturated/α-hetero) is 2. The maximum Gasteiger partial charge on any atom is 0.190 e. The maximum absolute atomic E-state index is 12.8. The van der Waals surface area contributed by atoms with Gasteiger partial charge in [0.15, 0.2) is 11.6 Å². The van der Waals surface area contributed by atoms with Crippen LogP contribution in [0.4, 0.5) is 0 Å². The molecular weight excluding hydrogens is 2690 g/mol. The Labute approximate surface area is 838 Å². The molecule has 0 aromatic heterocycles. The Morgan fingerprint density at radius 1 is 0.369 bits per heavy atom. The van der Waals surface area contributed by atoms with Gasteiger partial charge in [0.05, 0.1) is 30.0 Å². The molecule has 0 aromatic rings. The molecule has 1 heterocycles. The number of azo groups is 1. The highest BCUT2D eigenvalue weighted by Gasteiger charge is 2.80. The summed E-state index contributed by atoms with van der Waals surface area (Å²) in [6, 6.07) is 0. The quantitative estimate of drug-likeness (QED) is 0.127. The molecule has 3 fully saturated rings. The first kappa shape index (κ1) is 113. The predicted molar refractivity (Wildman–Crippen MR) is 636 cm³/mol. The number of ketones is 2. The van der Waals surface area contributed by atoms with E-state index in [0.717, 1.165) is 6.42 Å². The number of hydrogen-bond acceptors (Lipinski definition) is 14. The first-order valence-corrected chi connectivity index (χ1v) is 106. The van der Waals surface area contributed by atoms with Crippen LogP contribution in [0.2, 0.25) is 0 Å². The lowest BCUT2D eigenvalue weighted by Crippen LogP contribution is -2.65. The van der Waals surface area contributed by atoms with Gasteiger partial charge in [0.2, 0.25) is 0 Å². The highest BCUT2D eigenvalue weighted by molar-refractivity contribution is 9.10. The number of carbonyl (C=O) groups excluding carboxylic acids is 2. The zero-order valence-electron chi connectivity index (χ0n) is 55.4. The predicted octanol–water partition coefficient (Wildman–Crippen LogP) is 4.74. The van der Waals surface area contributed by atoms with Crippen LogP contribution in [0.5, 0.6) is 0 Å². The molecule has 3 saturated carbocycles. The van der Waals surface area contributed by atoms with Gasteiger partial charge < -0.3 is 30.6 Å². The lowest BCUT2D eigenvalue weighted by molar-refractivity contribution is -0.180. The van der Waals surface area contributed by atoms with Crippen molar-refractivity contribution < 1.29 is 40.2 Å². The summed E-state index contributed by atoms with van der Waals surface area (Å²) in [7, 11) is 96.4. The van der Waals surface area contributed by atoms with E-state index in [1.807, 2.05) is 244 Å². The summed E-state index contributed by atoms with van der Waals surface area (Å²) in [5, 5.41) is 75.6. The van der Waals surface area contributed by atoms with E-state index in [1.54, 1.807) is 275 Å². The summed E-state index contributed by atoms with van der Waals surface area (Å²) in [4.78, 5) is 25.6. The molecule has 111 heavy (non-hydrogen) atoms. The van der Waals surface area contributed by atoms with E-state index in [0.29, 0.717) is 28.7 Å². The van der Waals surface area contributed by atoms with Gasteiger partial charge in [-0.2, -0.15) is 10.2 Å². The van der Waals surface area contributed by atoms with Crippen LogP contribution in [-0.2, 0) is 543 Å². The lowest BCUT2D eigenvalue weighted by Gasteiger charge is -2.56. The number of nitrogens with zero attached hydrogens (tertiary/aromatic N) is 2. The second-order valence-corrected chi connectivity index (χ2v) is 123. The van der Waals surface area contributed by atoms with Gasteiger partial charge in [-0.1, -0.05) is 83.9 Å². The highest BCUT2D eigenvalue weighted by atomic mass is 79.9. The minimum absolute atomic E-state index is 0.0112. The van der Waals surface area contributed by atoms with Crippen molar-refractivity contribution in [1.82, 2.24) is 0 Å². The highest BCUT2D eigenvalue weighted by Crippen LogP contribution is 2.78. The summed E-state index contributed by atoms with van der Waals surface area (Å²) in [6.07, 6.45) is 8.81. The van der Waals surface area contributed by atoms with Crippen molar-refractivity contribution in [3.63, 3.8) is 0 Å². The number of rotatable bonds is 2. The zero-order chi connectivity index (χ0) is 81.5. The first-order valence-electron chi connectivity index (χ1n) is 28.1. The molecule has 8 aliphatic rings. The summed E-state index contributed by atoms with van der Waals surface area (Å²) in [5.41, 5.74) is -4.22. The molecule has 6 N–H and O–H groups in total. The smallest absolute Gasteiger partial charge is 0.190 e. The minimum atomic E-state index is -1.72. The number of aliphatic hydroxyl groups excluding tert-OH is 2. The maximum atomic E-state index is 12.8. The van der Waals surface area contributed by atoms with Crippen LogP contribution in [0.1, 0.15) is 81.1 Å². The first-order chi connectivity index (χ1) is 53.2. The number of hydrogen-bond donors (Lipinski definition) is 6. The van der Waals surface area contributed by atoms with Crippen molar-refractivity contribution in [1.29, 1.82) is 0 Å². The van der Waals surface area contributed by atoms with Gasteiger partial charge in [0, 0.05) is 580 Å². The molecular formula is C40H54Br2N2O8S59. The van der Waals surface area contributed by atoms with Gasteiger partial charge in [-0.15, -0.1) is 0 Å². The second-order valence-electron chi connectivity index (χ2n) is 22.5. The summed E-state index contributed by atoms with van der Waals surface area (Å²) >= 11 is 26.9. The molecule has 0 unspecified atom stereocenters. The van der Waals surface area contributed by atoms with E-state index in [2.05, 4.69) is 55.9 Å². The number of aliphatic hydroxyl groups is 6. The monoisotopic (exact) mass is 2730 g/mol. The van der Waals surface area contributed by atoms with Crippen molar-refractivity contribution in [3.8, 4) is 0 Å². The molecule has 0 aromatic carbocycles. The third kappa shape index (κ3) is 36.4.